The minimum Gasteiger partial charge on any atom is -0.381 e. The second kappa shape index (κ2) is 8.12. The highest BCUT2D eigenvalue weighted by Gasteiger charge is 2.40. The summed E-state index contributed by atoms with van der Waals surface area (Å²) >= 11 is 5.93. The number of benzene rings is 1. The van der Waals surface area contributed by atoms with E-state index >= 15 is 0 Å². The monoisotopic (exact) mass is 449 g/mol. The maximum atomic E-state index is 12.5. The van der Waals surface area contributed by atoms with Crippen molar-refractivity contribution in [3.63, 3.8) is 0 Å². The number of nitrogens with one attached hydrogen (secondary N) is 1. The van der Waals surface area contributed by atoms with E-state index < -0.39 is 5.60 Å². The predicted octanol–water partition coefficient (Wildman–Crippen LogP) is 4.14. The Morgan fingerprint density at radius 3 is 2.50 bits per heavy atom. The van der Waals surface area contributed by atoms with Crippen LogP contribution in [0.2, 0.25) is 5.15 Å². The van der Waals surface area contributed by atoms with Crippen LogP contribution in [0.5, 0.6) is 0 Å². The summed E-state index contributed by atoms with van der Waals surface area (Å²) in [5, 5.41) is 6.90. The van der Waals surface area contributed by atoms with Crippen molar-refractivity contribution in [2.24, 2.45) is 5.16 Å². The smallest absolute Gasteiger partial charge is 0.257 e. The Bertz CT molecular complexity index is 1250. The van der Waals surface area contributed by atoms with Crippen molar-refractivity contribution in [2.75, 3.05) is 5.32 Å². The molecular weight excluding hydrogens is 430 g/mol. The van der Waals surface area contributed by atoms with Gasteiger partial charge >= 0.3 is 0 Å². The molecule has 2 aromatic heterocycles. The summed E-state index contributed by atoms with van der Waals surface area (Å²) in [4.78, 5) is 43.1. The van der Waals surface area contributed by atoms with Crippen LogP contribution >= 0.6 is 11.6 Å². The summed E-state index contributed by atoms with van der Waals surface area (Å²) in [5.74, 6) is -0.246. The molecule has 0 saturated heterocycles. The van der Waals surface area contributed by atoms with Gasteiger partial charge < -0.3 is 10.2 Å². The van der Waals surface area contributed by atoms with Crippen LogP contribution in [0.4, 0.5) is 5.82 Å². The van der Waals surface area contributed by atoms with Gasteiger partial charge in [-0.3, -0.25) is 14.6 Å². The lowest BCUT2D eigenvalue weighted by Gasteiger charge is -2.12. The fourth-order valence-electron chi connectivity index (χ4n) is 3.24. The Morgan fingerprint density at radius 2 is 1.88 bits per heavy atom. The number of ketones is 1. The van der Waals surface area contributed by atoms with Crippen LogP contribution in [0.25, 0.3) is 11.3 Å². The van der Waals surface area contributed by atoms with E-state index in [1.165, 1.54) is 12.3 Å². The first-order valence-corrected chi connectivity index (χ1v) is 10.2. The van der Waals surface area contributed by atoms with Crippen LogP contribution in [0.15, 0.2) is 47.9 Å². The maximum Gasteiger partial charge on any atom is 0.257 e. The topological polar surface area (TPSA) is 106 Å². The number of hydrogen-bond acceptors (Lipinski definition) is 7. The molecular formula is C23H20ClN5O3. The first-order valence-electron chi connectivity index (χ1n) is 9.84. The molecule has 0 saturated carbocycles. The number of amides is 1. The Balaban J connectivity index is 1.57. The van der Waals surface area contributed by atoms with Gasteiger partial charge in [0.15, 0.2) is 17.1 Å². The molecule has 0 spiro atoms. The van der Waals surface area contributed by atoms with E-state index in [0.717, 1.165) is 11.1 Å². The third-order valence-electron chi connectivity index (χ3n) is 4.99. The van der Waals surface area contributed by atoms with Gasteiger partial charge in [0.05, 0.1) is 18.1 Å². The zero-order valence-electron chi connectivity index (χ0n) is 17.9. The average Bonchev–Trinajstić information content (AvgIpc) is 3.01. The number of anilines is 1. The summed E-state index contributed by atoms with van der Waals surface area (Å²) in [6.45, 7) is 7.05. The molecule has 1 aliphatic rings. The van der Waals surface area contributed by atoms with Crippen molar-refractivity contribution in [3.05, 3.63) is 70.3 Å². The molecule has 3 heterocycles. The van der Waals surface area contributed by atoms with E-state index in [2.05, 4.69) is 25.4 Å². The lowest BCUT2D eigenvalue weighted by Crippen LogP contribution is -2.33. The van der Waals surface area contributed by atoms with E-state index in [1.807, 2.05) is 25.1 Å². The maximum absolute atomic E-state index is 12.5. The number of carbonyl (C=O) groups is 2. The van der Waals surface area contributed by atoms with Gasteiger partial charge in [-0.2, -0.15) is 0 Å². The van der Waals surface area contributed by atoms with E-state index in [-0.39, 0.29) is 22.6 Å². The summed E-state index contributed by atoms with van der Waals surface area (Å²) < 4.78 is 0. The first-order chi connectivity index (χ1) is 15.1. The van der Waals surface area contributed by atoms with Crippen LogP contribution in [-0.2, 0) is 9.63 Å². The fourth-order valence-corrected chi connectivity index (χ4v) is 3.49. The summed E-state index contributed by atoms with van der Waals surface area (Å²) in [7, 11) is 0. The van der Waals surface area contributed by atoms with Gasteiger partial charge in [-0.25, -0.2) is 9.97 Å². The number of hydrogen-bond donors (Lipinski definition) is 1. The highest BCUT2D eigenvalue weighted by Crippen LogP contribution is 2.27. The number of aryl methyl sites for hydroxylation is 2. The molecule has 0 atom stereocenters. The number of carbonyl (C=O) groups excluding carboxylic acids is 2. The molecule has 0 bridgehead atoms. The third-order valence-corrected chi connectivity index (χ3v) is 5.19. The van der Waals surface area contributed by atoms with E-state index in [1.54, 1.807) is 33.0 Å². The summed E-state index contributed by atoms with van der Waals surface area (Å²) in [5.41, 5.74) is 3.30. The number of halogens is 1. The van der Waals surface area contributed by atoms with E-state index in [0.29, 0.717) is 28.3 Å². The SMILES string of the molecule is Cc1cc(C(=O)Nc2cnc(-c3cc(C4=NOC(C)(C)C4=O)ccc3C)cn2)cc(Cl)n1. The molecule has 3 aromatic rings. The predicted molar refractivity (Wildman–Crippen MR) is 121 cm³/mol. The van der Waals surface area contributed by atoms with E-state index in [9.17, 15) is 9.59 Å². The van der Waals surface area contributed by atoms with Gasteiger partial charge in [-0.15, -0.1) is 0 Å². The molecule has 0 aliphatic carbocycles. The molecule has 4 rings (SSSR count). The summed E-state index contributed by atoms with van der Waals surface area (Å²) in [6.07, 6.45) is 3.03. The molecule has 1 aliphatic heterocycles. The largest absolute Gasteiger partial charge is 0.381 e. The van der Waals surface area contributed by atoms with Gasteiger partial charge in [-0.1, -0.05) is 28.9 Å². The Labute approximate surface area is 189 Å². The van der Waals surface area contributed by atoms with Crippen LogP contribution in [0.3, 0.4) is 0 Å². The lowest BCUT2D eigenvalue weighted by atomic mass is 9.93. The number of oxime groups is 1. The van der Waals surface area contributed by atoms with Crippen molar-refractivity contribution >= 4 is 34.8 Å². The Kier molecular flexibility index (Phi) is 5.48. The minimum atomic E-state index is -0.975. The number of pyridine rings is 1. The second-order valence-electron chi connectivity index (χ2n) is 7.96. The molecule has 162 valence electrons. The zero-order chi connectivity index (χ0) is 23.0. The highest BCUT2D eigenvalue weighted by atomic mass is 35.5. The lowest BCUT2D eigenvalue weighted by molar-refractivity contribution is -0.128. The van der Waals surface area contributed by atoms with Gasteiger partial charge in [0.25, 0.3) is 5.91 Å². The number of nitrogens with zero attached hydrogens (tertiary/aromatic N) is 4. The average molecular weight is 450 g/mol. The number of aromatic nitrogens is 3. The molecule has 32 heavy (non-hydrogen) atoms. The van der Waals surface area contributed by atoms with Crippen molar-refractivity contribution in [2.45, 2.75) is 33.3 Å². The van der Waals surface area contributed by atoms with Crippen LogP contribution in [-0.4, -0.2) is 38.0 Å². The van der Waals surface area contributed by atoms with Crippen molar-refractivity contribution in [1.82, 2.24) is 15.0 Å². The number of rotatable bonds is 4. The number of Topliss-reactive ketones (excluding diaryl/α,β-unsaturated/α-hetero) is 1. The zero-order valence-corrected chi connectivity index (χ0v) is 18.7. The second-order valence-corrected chi connectivity index (χ2v) is 8.35. The molecule has 0 fully saturated rings. The standard InChI is InChI=1S/C23H20ClN5O3/c1-12-5-6-14(20-21(30)23(3,4)32-29-20)8-16(12)17-10-26-19(11-25-17)28-22(31)15-7-13(2)27-18(24)9-15/h5-11H,1-4H3,(H,26,28,31). The molecule has 0 unspecified atom stereocenters. The quantitative estimate of drug-likeness (QED) is 0.600. The fraction of sp³-hybridized carbons (Fsp3) is 0.217. The molecule has 0 radical (unpaired) electrons. The van der Waals surface area contributed by atoms with E-state index in [4.69, 9.17) is 16.4 Å². The van der Waals surface area contributed by atoms with Crippen molar-refractivity contribution in [1.29, 1.82) is 0 Å². The van der Waals surface area contributed by atoms with Crippen LogP contribution in [0, 0.1) is 13.8 Å². The van der Waals surface area contributed by atoms with Crippen LogP contribution in [0.1, 0.15) is 41.0 Å². The third kappa shape index (κ3) is 4.22. The minimum absolute atomic E-state index is 0.178. The van der Waals surface area contributed by atoms with Crippen molar-refractivity contribution < 1.29 is 14.4 Å². The normalized spacial score (nSPS) is 14.7. The Hall–Kier alpha value is -3.65. The van der Waals surface area contributed by atoms with Crippen LogP contribution < -0.4 is 5.32 Å². The van der Waals surface area contributed by atoms with Gasteiger partial charge in [0.2, 0.25) is 5.78 Å². The highest BCUT2D eigenvalue weighted by molar-refractivity contribution is 6.49. The van der Waals surface area contributed by atoms with Gasteiger partial charge in [0.1, 0.15) is 5.15 Å². The molecule has 1 amide bonds. The molecule has 8 nitrogen and oxygen atoms in total. The first kappa shape index (κ1) is 21.6. The Morgan fingerprint density at radius 1 is 1.09 bits per heavy atom. The summed E-state index contributed by atoms with van der Waals surface area (Å²) in [6, 6.07) is 8.66. The molecule has 1 aromatic carbocycles. The van der Waals surface area contributed by atoms with Gasteiger partial charge in [0, 0.05) is 22.4 Å². The van der Waals surface area contributed by atoms with Crippen molar-refractivity contribution in [3.8, 4) is 11.3 Å². The molecule has 9 heteroatoms. The van der Waals surface area contributed by atoms with Gasteiger partial charge in [-0.05, 0) is 51.5 Å². The molecule has 1 N–H and O–H groups in total.